The molecule has 1 amide bonds. The first-order valence-corrected chi connectivity index (χ1v) is 6.99. The molecule has 4 heteroatoms. The molecule has 1 aromatic heterocycles. The predicted molar refractivity (Wildman–Crippen MR) is 74.5 cm³/mol. The number of nitrogens with zero attached hydrogens (tertiary/aromatic N) is 1. The van der Waals surface area contributed by atoms with Gasteiger partial charge in [-0.15, -0.1) is 0 Å². The second-order valence-corrected chi connectivity index (χ2v) is 5.21. The van der Waals surface area contributed by atoms with Crippen molar-refractivity contribution < 1.29 is 9.18 Å². The number of amides is 1. The number of hydrogen-bond acceptors (Lipinski definition) is 2. The fourth-order valence-corrected chi connectivity index (χ4v) is 1.89. The van der Waals surface area contributed by atoms with Crippen LogP contribution in [0, 0.1) is 11.7 Å². The van der Waals surface area contributed by atoms with Crippen molar-refractivity contribution in [3.05, 3.63) is 29.8 Å². The Morgan fingerprint density at radius 2 is 2.05 bits per heavy atom. The quantitative estimate of drug-likeness (QED) is 0.731. The zero-order valence-electron chi connectivity index (χ0n) is 11.8. The van der Waals surface area contributed by atoms with E-state index in [1.54, 1.807) is 0 Å². The fourth-order valence-electron chi connectivity index (χ4n) is 1.89. The van der Waals surface area contributed by atoms with Crippen LogP contribution in [-0.4, -0.2) is 17.4 Å². The van der Waals surface area contributed by atoms with Crippen LogP contribution in [0.15, 0.2) is 18.5 Å². The molecular weight excluding hydrogens is 243 g/mol. The van der Waals surface area contributed by atoms with Gasteiger partial charge in [0.25, 0.3) is 5.91 Å². The van der Waals surface area contributed by atoms with E-state index in [1.807, 2.05) is 0 Å². The van der Waals surface area contributed by atoms with E-state index < -0.39 is 5.82 Å². The highest BCUT2D eigenvalue weighted by molar-refractivity contribution is 5.94. The monoisotopic (exact) mass is 266 g/mol. The number of carbonyl (C=O) groups is 1. The molecule has 19 heavy (non-hydrogen) atoms. The van der Waals surface area contributed by atoms with E-state index >= 15 is 0 Å². The van der Waals surface area contributed by atoms with Crippen molar-refractivity contribution in [2.24, 2.45) is 5.92 Å². The Bertz CT molecular complexity index is 393. The highest BCUT2D eigenvalue weighted by Gasteiger charge is 2.09. The molecule has 1 heterocycles. The normalized spacial score (nSPS) is 10.7. The van der Waals surface area contributed by atoms with Gasteiger partial charge in [-0.1, -0.05) is 39.5 Å². The van der Waals surface area contributed by atoms with Crippen LogP contribution in [0.4, 0.5) is 4.39 Å². The zero-order valence-corrected chi connectivity index (χ0v) is 11.8. The smallest absolute Gasteiger partial charge is 0.254 e. The summed E-state index contributed by atoms with van der Waals surface area (Å²) in [5.41, 5.74) is 0.0646. The van der Waals surface area contributed by atoms with Gasteiger partial charge >= 0.3 is 0 Å². The van der Waals surface area contributed by atoms with Crippen LogP contribution in [-0.2, 0) is 0 Å². The lowest BCUT2D eigenvalue weighted by Crippen LogP contribution is -2.25. The van der Waals surface area contributed by atoms with Crippen LogP contribution in [0.1, 0.15) is 56.3 Å². The van der Waals surface area contributed by atoms with E-state index in [2.05, 4.69) is 24.1 Å². The lowest BCUT2D eigenvalue weighted by atomic mass is 10.0. The molecule has 1 N–H and O–H groups in total. The van der Waals surface area contributed by atoms with Crippen molar-refractivity contribution in [2.45, 2.75) is 46.0 Å². The first kappa shape index (κ1) is 15.6. The number of hydrogen-bond donors (Lipinski definition) is 1. The predicted octanol–water partition coefficient (Wildman–Crippen LogP) is 3.56. The van der Waals surface area contributed by atoms with Gasteiger partial charge in [-0.05, 0) is 18.4 Å². The minimum atomic E-state index is -0.572. The van der Waals surface area contributed by atoms with Gasteiger partial charge in [0.2, 0.25) is 0 Å². The van der Waals surface area contributed by atoms with E-state index in [0.29, 0.717) is 6.54 Å². The van der Waals surface area contributed by atoms with Gasteiger partial charge in [-0.2, -0.15) is 0 Å². The molecule has 3 nitrogen and oxygen atoms in total. The van der Waals surface area contributed by atoms with Gasteiger partial charge in [0.1, 0.15) is 0 Å². The molecule has 0 aromatic carbocycles. The minimum Gasteiger partial charge on any atom is -0.352 e. The van der Waals surface area contributed by atoms with Crippen molar-refractivity contribution in [2.75, 3.05) is 6.54 Å². The molecule has 0 aliphatic heterocycles. The number of unbranched alkanes of at least 4 members (excludes halogenated alkanes) is 3. The van der Waals surface area contributed by atoms with E-state index in [4.69, 9.17) is 0 Å². The summed E-state index contributed by atoms with van der Waals surface area (Å²) in [5.74, 6) is -0.173. The second-order valence-electron chi connectivity index (χ2n) is 5.21. The van der Waals surface area contributed by atoms with Gasteiger partial charge in [-0.3, -0.25) is 9.78 Å². The Labute approximate surface area is 114 Å². The van der Waals surface area contributed by atoms with Crippen LogP contribution in [0.25, 0.3) is 0 Å². The molecule has 0 radical (unpaired) electrons. The molecule has 0 saturated carbocycles. The summed E-state index contributed by atoms with van der Waals surface area (Å²) in [7, 11) is 0. The molecule has 0 unspecified atom stereocenters. The van der Waals surface area contributed by atoms with Crippen LogP contribution in [0.2, 0.25) is 0 Å². The van der Waals surface area contributed by atoms with Crippen molar-refractivity contribution in [1.29, 1.82) is 0 Å². The Morgan fingerprint density at radius 3 is 2.74 bits per heavy atom. The molecule has 106 valence electrons. The average Bonchev–Trinajstić information content (AvgIpc) is 2.37. The van der Waals surface area contributed by atoms with Gasteiger partial charge in [0.15, 0.2) is 5.82 Å². The molecule has 0 aliphatic rings. The van der Waals surface area contributed by atoms with Gasteiger partial charge in [0, 0.05) is 12.7 Å². The number of carbonyl (C=O) groups excluding carboxylic acids is 1. The largest absolute Gasteiger partial charge is 0.352 e. The Hall–Kier alpha value is -1.45. The number of rotatable bonds is 8. The minimum absolute atomic E-state index is 0.0646. The first-order valence-electron chi connectivity index (χ1n) is 6.99. The summed E-state index contributed by atoms with van der Waals surface area (Å²) >= 11 is 0. The molecule has 0 aliphatic carbocycles. The molecule has 1 rings (SSSR count). The molecule has 0 bridgehead atoms. The van der Waals surface area contributed by atoms with Crippen LogP contribution < -0.4 is 5.32 Å². The lowest BCUT2D eigenvalue weighted by Gasteiger charge is -2.06. The molecular formula is C15H23FN2O. The van der Waals surface area contributed by atoms with Crippen LogP contribution in [0.3, 0.4) is 0 Å². The maximum absolute atomic E-state index is 13.3. The molecule has 0 saturated heterocycles. The first-order chi connectivity index (χ1) is 9.11. The van der Waals surface area contributed by atoms with E-state index in [9.17, 15) is 9.18 Å². The lowest BCUT2D eigenvalue weighted by molar-refractivity contribution is 0.0948. The summed E-state index contributed by atoms with van der Waals surface area (Å²) in [6, 6.07) is 1.40. The van der Waals surface area contributed by atoms with Crippen molar-refractivity contribution in [3.8, 4) is 0 Å². The molecule has 0 fully saturated rings. The van der Waals surface area contributed by atoms with Gasteiger partial charge in [0.05, 0.1) is 11.8 Å². The van der Waals surface area contributed by atoms with E-state index in [1.165, 1.54) is 31.5 Å². The summed E-state index contributed by atoms with van der Waals surface area (Å²) in [5, 5.41) is 2.73. The van der Waals surface area contributed by atoms with Gasteiger partial charge in [-0.25, -0.2) is 4.39 Å². The number of pyridine rings is 1. The van der Waals surface area contributed by atoms with Crippen LogP contribution in [0.5, 0.6) is 0 Å². The maximum Gasteiger partial charge on any atom is 0.254 e. The van der Waals surface area contributed by atoms with E-state index in [0.717, 1.165) is 25.0 Å². The highest BCUT2D eigenvalue weighted by Crippen LogP contribution is 2.09. The summed E-state index contributed by atoms with van der Waals surface area (Å²) < 4.78 is 13.3. The summed E-state index contributed by atoms with van der Waals surface area (Å²) in [6.07, 6.45) is 8.21. The number of halogens is 1. The standard InChI is InChI=1S/C15H23FN2O/c1-12(2)7-5-3-4-6-9-18-15(19)13-8-10-17-11-14(13)16/h8,10-12H,3-7,9H2,1-2H3,(H,18,19). The fraction of sp³-hybridized carbons (Fsp3) is 0.600. The maximum atomic E-state index is 13.3. The van der Waals surface area contributed by atoms with Gasteiger partial charge < -0.3 is 5.32 Å². The van der Waals surface area contributed by atoms with Crippen molar-refractivity contribution in [1.82, 2.24) is 10.3 Å². The summed E-state index contributed by atoms with van der Waals surface area (Å²) in [4.78, 5) is 15.3. The van der Waals surface area contributed by atoms with Crippen molar-refractivity contribution >= 4 is 5.91 Å². The Balaban J connectivity index is 2.13. The third-order valence-electron chi connectivity index (χ3n) is 3.01. The Kier molecular flexibility index (Phi) is 7.08. The Morgan fingerprint density at radius 1 is 1.32 bits per heavy atom. The third-order valence-corrected chi connectivity index (χ3v) is 3.01. The highest BCUT2D eigenvalue weighted by atomic mass is 19.1. The summed E-state index contributed by atoms with van der Waals surface area (Å²) in [6.45, 7) is 5.05. The number of aromatic nitrogens is 1. The van der Waals surface area contributed by atoms with Crippen LogP contribution >= 0.6 is 0 Å². The topological polar surface area (TPSA) is 42.0 Å². The zero-order chi connectivity index (χ0) is 14.1. The third kappa shape index (κ3) is 6.32. The van der Waals surface area contributed by atoms with Crippen molar-refractivity contribution in [3.63, 3.8) is 0 Å². The molecule has 0 atom stereocenters. The van der Waals surface area contributed by atoms with E-state index in [-0.39, 0.29) is 11.5 Å². The second kappa shape index (κ2) is 8.62. The average molecular weight is 266 g/mol. The number of nitrogens with one attached hydrogen (secondary N) is 1. The molecule has 1 aromatic rings. The SMILES string of the molecule is CC(C)CCCCCCNC(=O)c1ccncc1F. The molecule has 0 spiro atoms.